The maximum absolute atomic E-state index is 2.46. The van der Waals surface area contributed by atoms with E-state index >= 15 is 0 Å². The highest BCUT2D eigenvalue weighted by Crippen LogP contribution is 2.46. The van der Waals surface area contributed by atoms with Crippen LogP contribution in [0.2, 0.25) is 0 Å². The van der Waals surface area contributed by atoms with E-state index in [2.05, 4.69) is 32.2 Å². The van der Waals surface area contributed by atoms with E-state index < -0.39 is 0 Å². The summed E-state index contributed by atoms with van der Waals surface area (Å²) < 4.78 is 3.04. The molecule has 0 atom stereocenters. The first kappa shape index (κ1) is 11.7. The Bertz CT molecular complexity index is 520. The SMILES string of the molecule is Cc1csc2cc(C3CCC(C)(C)CC3)sc12. The van der Waals surface area contributed by atoms with Crippen molar-refractivity contribution in [3.63, 3.8) is 0 Å². The van der Waals surface area contributed by atoms with Crippen LogP contribution in [0.5, 0.6) is 0 Å². The van der Waals surface area contributed by atoms with Gasteiger partial charge in [-0.1, -0.05) is 13.8 Å². The standard InChI is InChI=1S/C15H20S2/c1-10-9-16-13-8-12(17-14(10)13)11-4-6-15(2,3)7-5-11/h8-9,11H,4-7H2,1-3H3. The molecule has 1 aliphatic carbocycles. The van der Waals surface area contributed by atoms with Crippen LogP contribution in [0.25, 0.3) is 9.40 Å². The fourth-order valence-electron chi connectivity index (χ4n) is 2.85. The molecule has 2 heteroatoms. The summed E-state index contributed by atoms with van der Waals surface area (Å²) in [5.74, 6) is 0.840. The van der Waals surface area contributed by atoms with E-state index in [1.807, 2.05) is 22.7 Å². The van der Waals surface area contributed by atoms with Crippen molar-refractivity contribution < 1.29 is 0 Å². The van der Waals surface area contributed by atoms with Gasteiger partial charge >= 0.3 is 0 Å². The van der Waals surface area contributed by atoms with Gasteiger partial charge in [0.1, 0.15) is 0 Å². The van der Waals surface area contributed by atoms with Gasteiger partial charge < -0.3 is 0 Å². The Hall–Kier alpha value is -0.340. The first-order chi connectivity index (χ1) is 8.05. The van der Waals surface area contributed by atoms with Crippen molar-refractivity contribution in [2.45, 2.75) is 52.4 Å². The van der Waals surface area contributed by atoms with Crippen LogP contribution < -0.4 is 0 Å². The third-order valence-corrected chi connectivity index (χ3v) is 6.79. The first-order valence-electron chi connectivity index (χ1n) is 6.53. The normalized spacial score (nSPS) is 21.1. The van der Waals surface area contributed by atoms with E-state index in [1.165, 1.54) is 40.6 Å². The predicted molar refractivity (Wildman–Crippen MR) is 79.4 cm³/mol. The van der Waals surface area contributed by atoms with Gasteiger partial charge in [0.15, 0.2) is 0 Å². The predicted octanol–water partition coefficient (Wildman–Crippen LogP) is 5.96. The van der Waals surface area contributed by atoms with Gasteiger partial charge in [0, 0.05) is 14.3 Å². The Morgan fingerprint density at radius 3 is 2.59 bits per heavy atom. The maximum Gasteiger partial charge on any atom is 0.0482 e. The minimum absolute atomic E-state index is 0.584. The Morgan fingerprint density at radius 2 is 1.94 bits per heavy atom. The monoisotopic (exact) mass is 264 g/mol. The molecule has 0 aromatic carbocycles. The van der Waals surface area contributed by atoms with Crippen LogP contribution in [0.4, 0.5) is 0 Å². The lowest BCUT2D eigenvalue weighted by atomic mass is 9.73. The van der Waals surface area contributed by atoms with Crippen LogP contribution in [0, 0.1) is 12.3 Å². The van der Waals surface area contributed by atoms with Crippen molar-refractivity contribution in [2.24, 2.45) is 5.41 Å². The van der Waals surface area contributed by atoms with Gasteiger partial charge in [0.25, 0.3) is 0 Å². The van der Waals surface area contributed by atoms with Crippen molar-refractivity contribution in [1.29, 1.82) is 0 Å². The van der Waals surface area contributed by atoms with Crippen molar-refractivity contribution >= 4 is 32.1 Å². The molecule has 0 aliphatic heterocycles. The number of fused-ring (bicyclic) bond motifs is 1. The second kappa shape index (κ2) is 4.10. The van der Waals surface area contributed by atoms with Crippen LogP contribution in [0.1, 0.15) is 55.9 Å². The van der Waals surface area contributed by atoms with E-state index in [0.29, 0.717) is 5.41 Å². The molecule has 0 nitrogen and oxygen atoms in total. The molecule has 0 amide bonds. The number of hydrogen-bond acceptors (Lipinski definition) is 2. The van der Waals surface area contributed by atoms with E-state index in [-0.39, 0.29) is 0 Å². The fourth-order valence-corrected chi connectivity index (χ4v) is 5.34. The lowest BCUT2D eigenvalue weighted by Crippen LogP contribution is -2.19. The van der Waals surface area contributed by atoms with Gasteiger partial charge in [0.2, 0.25) is 0 Å². The Kier molecular flexibility index (Phi) is 2.83. The molecule has 1 aliphatic rings. The molecule has 0 radical (unpaired) electrons. The largest absolute Gasteiger partial charge is 0.143 e. The molecule has 2 aromatic heterocycles. The molecule has 92 valence electrons. The van der Waals surface area contributed by atoms with E-state index in [9.17, 15) is 0 Å². The van der Waals surface area contributed by atoms with Gasteiger partial charge in [-0.3, -0.25) is 0 Å². The van der Waals surface area contributed by atoms with E-state index in [0.717, 1.165) is 5.92 Å². The zero-order valence-corrected chi connectivity index (χ0v) is 12.5. The molecule has 0 N–H and O–H groups in total. The summed E-state index contributed by atoms with van der Waals surface area (Å²) in [7, 11) is 0. The average Bonchev–Trinajstić information content (AvgIpc) is 2.82. The third-order valence-electron chi connectivity index (χ3n) is 4.18. The summed E-state index contributed by atoms with van der Waals surface area (Å²) in [4.78, 5) is 1.64. The lowest BCUT2D eigenvalue weighted by Gasteiger charge is -2.33. The second-order valence-electron chi connectivity index (χ2n) is 6.20. The maximum atomic E-state index is 2.46. The van der Waals surface area contributed by atoms with Crippen molar-refractivity contribution in [3.05, 3.63) is 21.9 Å². The summed E-state index contributed by atoms with van der Waals surface area (Å²) in [5.41, 5.74) is 2.05. The zero-order chi connectivity index (χ0) is 12.0. The van der Waals surface area contributed by atoms with Gasteiger partial charge in [-0.2, -0.15) is 0 Å². The number of thiophene rings is 2. The Balaban J connectivity index is 1.85. The summed E-state index contributed by atoms with van der Waals surface area (Å²) in [5, 5.41) is 2.29. The molecular weight excluding hydrogens is 244 g/mol. The molecule has 3 rings (SSSR count). The molecule has 2 aromatic rings. The molecular formula is C15H20S2. The van der Waals surface area contributed by atoms with Crippen LogP contribution in [0.3, 0.4) is 0 Å². The van der Waals surface area contributed by atoms with Crippen molar-refractivity contribution in [3.8, 4) is 0 Å². The third kappa shape index (κ3) is 2.17. The topological polar surface area (TPSA) is 0 Å². The number of aryl methyl sites for hydroxylation is 1. The van der Waals surface area contributed by atoms with Gasteiger partial charge in [-0.15, -0.1) is 22.7 Å². The number of hydrogen-bond donors (Lipinski definition) is 0. The second-order valence-corrected chi connectivity index (χ2v) is 8.19. The molecule has 0 unspecified atom stereocenters. The van der Waals surface area contributed by atoms with E-state index in [1.54, 1.807) is 4.88 Å². The zero-order valence-electron chi connectivity index (χ0n) is 10.9. The van der Waals surface area contributed by atoms with Gasteiger partial charge in [0.05, 0.1) is 0 Å². The van der Waals surface area contributed by atoms with Crippen LogP contribution in [-0.4, -0.2) is 0 Å². The molecule has 1 fully saturated rings. The van der Waals surface area contributed by atoms with Crippen molar-refractivity contribution in [1.82, 2.24) is 0 Å². The Morgan fingerprint density at radius 1 is 1.24 bits per heavy atom. The molecule has 17 heavy (non-hydrogen) atoms. The minimum atomic E-state index is 0.584. The first-order valence-corrected chi connectivity index (χ1v) is 8.22. The molecule has 2 heterocycles. The lowest BCUT2D eigenvalue weighted by molar-refractivity contribution is 0.226. The van der Waals surface area contributed by atoms with Crippen LogP contribution >= 0.6 is 22.7 Å². The summed E-state index contributed by atoms with van der Waals surface area (Å²) in [6.07, 6.45) is 5.56. The van der Waals surface area contributed by atoms with Gasteiger partial charge in [-0.05, 0) is 60.9 Å². The molecule has 0 saturated heterocycles. The summed E-state index contributed by atoms with van der Waals surface area (Å²) >= 11 is 3.96. The molecule has 1 saturated carbocycles. The average molecular weight is 264 g/mol. The number of rotatable bonds is 1. The van der Waals surface area contributed by atoms with Gasteiger partial charge in [-0.25, -0.2) is 0 Å². The highest BCUT2D eigenvalue weighted by atomic mass is 32.1. The van der Waals surface area contributed by atoms with Crippen LogP contribution in [-0.2, 0) is 0 Å². The van der Waals surface area contributed by atoms with Crippen LogP contribution in [0.15, 0.2) is 11.4 Å². The van der Waals surface area contributed by atoms with Crippen molar-refractivity contribution in [2.75, 3.05) is 0 Å². The molecule has 0 bridgehead atoms. The summed E-state index contributed by atoms with van der Waals surface area (Å²) in [6.45, 7) is 7.07. The highest BCUT2D eigenvalue weighted by Gasteiger charge is 2.28. The molecule has 0 spiro atoms. The Labute approximate surface area is 112 Å². The highest BCUT2D eigenvalue weighted by molar-refractivity contribution is 7.27. The minimum Gasteiger partial charge on any atom is -0.143 e. The smallest absolute Gasteiger partial charge is 0.0482 e. The fraction of sp³-hybridized carbons (Fsp3) is 0.600. The summed E-state index contributed by atoms with van der Waals surface area (Å²) in [6, 6.07) is 2.46. The quantitative estimate of drug-likeness (QED) is 0.596. The van der Waals surface area contributed by atoms with E-state index in [4.69, 9.17) is 0 Å².